The standard InChI is InChI=1S/C23H25FN4O4/c1-4-27(5-2)20(30)15-7-6-8-18(13-15)25-19(29)14-28-21(31)23(3,26-22(28)32)16-9-11-17(24)12-10-16/h6-13H,4-5,14H2,1-3H3,(H,25,29)(H,26,32)/t23-/m1/s1. The number of urea groups is 1. The van der Waals surface area contributed by atoms with E-state index in [9.17, 15) is 23.6 Å². The molecular weight excluding hydrogens is 415 g/mol. The minimum atomic E-state index is -1.40. The van der Waals surface area contributed by atoms with Gasteiger partial charge in [-0.1, -0.05) is 18.2 Å². The van der Waals surface area contributed by atoms with Crippen molar-refractivity contribution in [2.45, 2.75) is 26.3 Å². The number of benzene rings is 2. The van der Waals surface area contributed by atoms with Crippen molar-refractivity contribution < 1.29 is 23.6 Å². The highest BCUT2D eigenvalue weighted by atomic mass is 19.1. The second-order valence-corrected chi connectivity index (χ2v) is 7.56. The van der Waals surface area contributed by atoms with Crippen LogP contribution in [0.1, 0.15) is 36.7 Å². The van der Waals surface area contributed by atoms with Crippen molar-refractivity contribution in [3.63, 3.8) is 0 Å². The topological polar surface area (TPSA) is 98.8 Å². The first-order chi connectivity index (χ1) is 15.2. The number of hydrogen-bond donors (Lipinski definition) is 2. The number of hydrogen-bond acceptors (Lipinski definition) is 4. The molecule has 0 saturated carbocycles. The van der Waals surface area contributed by atoms with Gasteiger partial charge in [0.05, 0.1) is 0 Å². The van der Waals surface area contributed by atoms with E-state index in [4.69, 9.17) is 0 Å². The molecule has 2 N–H and O–H groups in total. The maximum absolute atomic E-state index is 13.2. The van der Waals surface area contributed by atoms with Gasteiger partial charge in [-0.3, -0.25) is 19.3 Å². The molecule has 0 aliphatic carbocycles. The first-order valence-electron chi connectivity index (χ1n) is 10.3. The summed E-state index contributed by atoms with van der Waals surface area (Å²) in [5.41, 5.74) is -0.198. The molecule has 1 saturated heterocycles. The van der Waals surface area contributed by atoms with E-state index >= 15 is 0 Å². The fourth-order valence-corrected chi connectivity index (χ4v) is 3.59. The molecule has 1 aliphatic heterocycles. The lowest BCUT2D eigenvalue weighted by atomic mass is 9.92. The van der Waals surface area contributed by atoms with Gasteiger partial charge in [0.1, 0.15) is 17.9 Å². The Morgan fingerprint density at radius 3 is 2.38 bits per heavy atom. The lowest BCUT2D eigenvalue weighted by molar-refractivity contribution is -0.133. The molecule has 1 heterocycles. The van der Waals surface area contributed by atoms with Crippen molar-refractivity contribution in [1.29, 1.82) is 0 Å². The zero-order valence-electron chi connectivity index (χ0n) is 18.1. The van der Waals surface area contributed by atoms with Gasteiger partial charge in [-0.15, -0.1) is 0 Å². The molecule has 0 bridgehead atoms. The number of rotatable bonds is 7. The molecule has 8 nitrogen and oxygen atoms in total. The summed E-state index contributed by atoms with van der Waals surface area (Å²) < 4.78 is 13.2. The predicted octanol–water partition coefficient (Wildman–Crippen LogP) is 2.71. The molecule has 5 amide bonds. The monoisotopic (exact) mass is 440 g/mol. The third-order valence-corrected chi connectivity index (χ3v) is 5.44. The van der Waals surface area contributed by atoms with Gasteiger partial charge >= 0.3 is 6.03 Å². The van der Waals surface area contributed by atoms with Crippen molar-refractivity contribution in [2.75, 3.05) is 25.0 Å². The molecule has 1 fully saturated rings. The third kappa shape index (κ3) is 4.46. The molecule has 3 rings (SSSR count). The number of anilines is 1. The van der Waals surface area contributed by atoms with E-state index in [1.807, 2.05) is 13.8 Å². The third-order valence-electron chi connectivity index (χ3n) is 5.44. The largest absolute Gasteiger partial charge is 0.339 e. The molecule has 1 atom stereocenters. The van der Waals surface area contributed by atoms with Crippen LogP contribution in [0.15, 0.2) is 48.5 Å². The zero-order chi connectivity index (χ0) is 23.5. The van der Waals surface area contributed by atoms with Crippen LogP contribution < -0.4 is 10.6 Å². The van der Waals surface area contributed by atoms with Gasteiger partial charge in [0.15, 0.2) is 0 Å². The van der Waals surface area contributed by atoms with Gasteiger partial charge in [0.25, 0.3) is 11.8 Å². The summed E-state index contributed by atoms with van der Waals surface area (Å²) in [6.45, 7) is 5.88. The van der Waals surface area contributed by atoms with E-state index in [0.29, 0.717) is 29.9 Å². The first kappa shape index (κ1) is 22.9. The molecule has 2 aromatic rings. The summed E-state index contributed by atoms with van der Waals surface area (Å²) in [6, 6.07) is 11.0. The zero-order valence-corrected chi connectivity index (χ0v) is 18.1. The molecule has 0 radical (unpaired) electrons. The lowest BCUT2D eigenvalue weighted by Gasteiger charge is -2.22. The SMILES string of the molecule is CCN(CC)C(=O)c1cccc(NC(=O)CN2C(=O)N[C@](C)(c3ccc(F)cc3)C2=O)c1. The van der Waals surface area contributed by atoms with Crippen molar-refractivity contribution >= 4 is 29.4 Å². The Bertz CT molecular complexity index is 1050. The Morgan fingerprint density at radius 2 is 1.75 bits per heavy atom. The van der Waals surface area contributed by atoms with E-state index in [2.05, 4.69) is 10.6 Å². The van der Waals surface area contributed by atoms with Crippen LogP contribution in [0, 0.1) is 5.82 Å². The number of imide groups is 1. The second kappa shape index (κ2) is 9.17. The Kier molecular flexibility index (Phi) is 6.57. The van der Waals surface area contributed by atoms with Gasteiger partial charge in [-0.25, -0.2) is 9.18 Å². The van der Waals surface area contributed by atoms with E-state index < -0.39 is 35.7 Å². The highest BCUT2D eigenvalue weighted by Crippen LogP contribution is 2.29. The number of amides is 5. The Hall–Kier alpha value is -3.75. The molecule has 9 heteroatoms. The molecular formula is C23H25FN4O4. The fourth-order valence-electron chi connectivity index (χ4n) is 3.59. The van der Waals surface area contributed by atoms with Crippen LogP contribution in [-0.2, 0) is 15.1 Å². The Morgan fingerprint density at radius 1 is 1.09 bits per heavy atom. The average molecular weight is 440 g/mol. The van der Waals surface area contributed by atoms with Crippen molar-refractivity contribution in [1.82, 2.24) is 15.1 Å². The fraction of sp³-hybridized carbons (Fsp3) is 0.304. The van der Waals surface area contributed by atoms with Crippen molar-refractivity contribution in [3.05, 3.63) is 65.5 Å². The van der Waals surface area contributed by atoms with Crippen molar-refractivity contribution in [3.8, 4) is 0 Å². The Balaban J connectivity index is 1.71. The molecule has 1 aliphatic rings. The molecule has 0 unspecified atom stereocenters. The van der Waals surface area contributed by atoms with E-state index in [1.54, 1.807) is 29.2 Å². The van der Waals surface area contributed by atoms with E-state index in [0.717, 1.165) is 4.90 Å². The summed E-state index contributed by atoms with van der Waals surface area (Å²) >= 11 is 0. The van der Waals surface area contributed by atoms with Crippen LogP contribution in [0.4, 0.5) is 14.9 Å². The smallest absolute Gasteiger partial charge is 0.325 e. The highest BCUT2D eigenvalue weighted by molar-refractivity contribution is 6.10. The average Bonchev–Trinajstić information content (AvgIpc) is 2.99. The summed E-state index contributed by atoms with van der Waals surface area (Å²) in [4.78, 5) is 52.9. The number of nitrogens with one attached hydrogen (secondary N) is 2. The summed E-state index contributed by atoms with van der Waals surface area (Å²) in [6.07, 6.45) is 0. The predicted molar refractivity (Wildman–Crippen MR) is 116 cm³/mol. The molecule has 0 spiro atoms. The summed E-state index contributed by atoms with van der Waals surface area (Å²) in [5, 5.41) is 5.19. The molecule has 168 valence electrons. The number of carbonyl (C=O) groups excluding carboxylic acids is 4. The van der Waals surface area contributed by atoms with Gasteiger partial charge in [0.2, 0.25) is 5.91 Å². The lowest BCUT2D eigenvalue weighted by Crippen LogP contribution is -2.42. The molecule has 32 heavy (non-hydrogen) atoms. The van der Waals surface area contributed by atoms with Crippen LogP contribution in [0.3, 0.4) is 0 Å². The van der Waals surface area contributed by atoms with E-state index in [1.165, 1.54) is 31.2 Å². The normalized spacial score (nSPS) is 17.8. The maximum Gasteiger partial charge on any atom is 0.325 e. The van der Waals surface area contributed by atoms with Crippen molar-refractivity contribution in [2.24, 2.45) is 0 Å². The van der Waals surface area contributed by atoms with Gasteiger partial charge in [0, 0.05) is 24.3 Å². The molecule has 0 aromatic heterocycles. The minimum absolute atomic E-state index is 0.157. The van der Waals surface area contributed by atoms with Gasteiger partial charge < -0.3 is 15.5 Å². The Labute approximate surface area is 185 Å². The molecule has 2 aromatic carbocycles. The minimum Gasteiger partial charge on any atom is -0.339 e. The second-order valence-electron chi connectivity index (χ2n) is 7.56. The van der Waals surface area contributed by atoms with Crippen LogP contribution in [0.25, 0.3) is 0 Å². The quantitative estimate of drug-likeness (QED) is 0.647. The number of nitrogens with zero attached hydrogens (tertiary/aromatic N) is 2. The van der Waals surface area contributed by atoms with Crippen LogP contribution in [0.2, 0.25) is 0 Å². The van der Waals surface area contributed by atoms with Gasteiger partial charge in [-0.2, -0.15) is 0 Å². The van der Waals surface area contributed by atoms with E-state index in [-0.39, 0.29) is 5.91 Å². The highest BCUT2D eigenvalue weighted by Gasteiger charge is 2.49. The van der Waals surface area contributed by atoms with Crippen LogP contribution in [-0.4, -0.2) is 53.2 Å². The summed E-state index contributed by atoms with van der Waals surface area (Å²) in [7, 11) is 0. The first-order valence-corrected chi connectivity index (χ1v) is 10.3. The maximum atomic E-state index is 13.2. The number of carbonyl (C=O) groups is 4. The van der Waals surface area contributed by atoms with Crippen LogP contribution in [0.5, 0.6) is 0 Å². The van der Waals surface area contributed by atoms with Gasteiger partial charge in [-0.05, 0) is 56.7 Å². The number of halogens is 1. The van der Waals surface area contributed by atoms with Crippen LogP contribution >= 0.6 is 0 Å². The summed E-state index contributed by atoms with van der Waals surface area (Å²) in [5.74, 6) is -1.83.